The van der Waals surface area contributed by atoms with Crippen LogP contribution < -0.4 is 15.8 Å². The summed E-state index contributed by atoms with van der Waals surface area (Å²) in [5.41, 5.74) is 6.20. The number of ether oxygens (including phenoxy) is 3. The second kappa shape index (κ2) is 8.11. The molecule has 1 amide bonds. The predicted octanol–water partition coefficient (Wildman–Crippen LogP) is 0.585. The second-order valence-electron chi connectivity index (χ2n) is 4.43. The van der Waals surface area contributed by atoms with E-state index in [1.54, 1.807) is 19.1 Å². The van der Waals surface area contributed by atoms with E-state index in [2.05, 4.69) is 5.32 Å². The number of amides is 1. The molecule has 0 aromatic heterocycles. The smallest absolute Gasteiger partial charge is 0.342 e. The SMILES string of the molecule is COCC(C)NC(=O)COC(=O)c1cccc(N)c1OC. The van der Waals surface area contributed by atoms with Gasteiger partial charge in [0.2, 0.25) is 0 Å². The molecule has 0 radical (unpaired) electrons. The van der Waals surface area contributed by atoms with Crippen LogP contribution in [0.15, 0.2) is 18.2 Å². The van der Waals surface area contributed by atoms with E-state index < -0.39 is 11.9 Å². The van der Waals surface area contributed by atoms with E-state index in [-0.39, 0.29) is 24.0 Å². The molecule has 1 atom stereocenters. The number of anilines is 1. The van der Waals surface area contributed by atoms with E-state index in [1.807, 2.05) is 0 Å². The molecule has 0 fully saturated rings. The molecule has 0 aliphatic carbocycles. The van der Waals surface area contributed by atoms with Gasteiger partial charge >= 0.3 is 5.97 Å². The zero-order chi connectivity index (χ0) is 15.8. The average molecular weight is 296 g/mol. The molecular weight excluding hydrogens is 276 g/mol. The fraction of sp³-hybridized carbons (Fsp3) is 0.429. The maximum Gasteiger partial charge on any atom is 0.342 e. The summed E-state index contributed by atoms with van der Waals surface area (Å²) in [5.74, 6) is -0.847. The zero-order valence-corrected chi connectivity index (χ0v) is 12.3. The van der Waals surface area contributed by atoms with Crippen LogP contribution in [-0.4, -0.2) is 45.4 Å². The Kier molecular flexibility index (Phi) is 6.48. The van der Waals surface area contributed by atoms with E-state index in [0.717, 1.165) is 0 Å². The Morgan fingerprint density at radius 1 is 1.33 bits per heavy atom. The molecule has 0 spiro atoms. The van der Waals surface area contributed by atoms with Gasteiger partial charge in [-0.3, -0.25) is 4.79 Å². The molecule has 1 aromatic carbocycles. The number of hydrogen-bond donors (Lipinski definition) is 2. The van der Waals surface area contributed by atoms with Gasteiger partial charge in [-0.05, 0) is 19.1 Å². The van der Waals surface area contributed by atoms with E-state index in [1.165, 1.54) is 20.3 Å². The summed E-state index contributed by atoms with van der Waals surface area (Å²) in [6.07, 6.45) is 0. The highest BCUT2D eigenvalue weighted by Crippen LogP contribution is 2.26. The van der Waals surface area contributed by atoms with Gasteiger partial charge in [0.05, 0.1) is 19.4 Å². The molecule has 116 valence electrons. The van der Waals surface area contributed by atoms with Crippen molar-refractivity contribution in [1.29, 1.82) is 0 Å². The first-order chi connectivity index (χ1) is 9.99. The van der Waals surface area contributed by atoms with Crippen molar-refractivity contribution in [3.05, 3.63) is 23.8 Å². The first kappa shape index (κ1) is 16.8. The summed E-state index contributed by atoms with van der Waals surface area (Å²) < 4.78 is 14.9. The van der Waals surface area contributed by atoms with Crippen LogP contribution >= 0.6 is 0 Å². The van der Waals surface area contributed by atoms with Crippen LogP contribution in [0.5, 0.6) is 5.75 Å². The number of nitrogens with two attached hydrogens (primary N) is 1. The van der Waals surface area contributed by atoms with E-state index in [0.29, 0.717) is 12.3 Å². The fourth-order valence-electron chi connectivity index (χ4n) is 1.76. The highest BCUT2D eigenvalue weighted by Gasteiger charge is 2.17. The highest BCUT2D eigenvalue weighted by atomic mass is 16.5. The Labute approximate surface area is 123 Å². The second-order valence-corrected chi connectivity index (χ2v) is 4.43. The number of carbonyl (C=O) groups excluding carboxylic acids is 2. The molecule has 7 heteroatoms. The number of carbonyl (C=O) groups is 2. The number of rotatable bonds is 7. The van der Waals surface area contributed by atoms with Gasteiger partial charge in [0, 0.05) is 13.2 Å². The molecular formula is C14H20N2O5. The maximum absolute atomic E-state index is 11.9. The molecule has 0 aliphatic rings. The van der Waals surface area contributed by atoms with Crippen molar-refractivity contribution in [3.8, 4) is 5.75 Å². The largest absolute Gasteiger partial charge is 0.494 e. The molecule has 0 bridgehead atoms. The summed E-state index contributed by atoms with van der Waals surface area (Å²) in [5, 5.41) is 2.63. The number of methoxy groups -OCH3 is 2. The van der Waals surface area contributed by atoms with Crippen LogP contribution in [0, 0.1) is 0 Å². The molecule has 3 N–H and O–H groups in total. The van der Waals surface area contributed by atoms with Gasteiger partial charge in [-0.1, -0.05) is 6.07 Å². The number of nitrogens with one attached hydrogen (secondary N) is 1. The first-order valence-electron chi connectivity index (χ1n) is 6.37. The first-order valence-corrected chi connectivity index (χ1v) is 6.37. The molecule has 0 saturated carbocycles. The molecule has 0 aliphatic heterocycles. The van der Waals surface area contributed by atoms with E-state index in [4.69, 9.17) is 19.9 Å². The van der Waals surface area contributed by atoms with Crippen LogP contribution in [0.25, 0.3) is 0 Å². The monoisotopic (exact) mass is 296 g/mol. The predicted molar refractivity (Wildman–Crippen MR) is 77.2 cm³/mol. The van der Waals surface area contributed by atoms with Crippen LogP contribution in [0.2, 0.25) is 0 Å². The Morgan fingerprint density at radius 3 is 2.67 bits per heavy atom. The minimum atomic E-state index is -0.673. The molecule has 0 heterocycles. The van der Waals surface area contributed by atoms with Crippen LogP contribution in [0.4, 0.5) is 5.69 Å². The molecule has 1 aromatic rings. The minimum Gasteiger partial charge on any atom is -0.494 e. The quantitative estimate of drug-likeness (QED) is 0.564. The summed E-state index contributed by atoms with van der Waals surface area (Å²) in [6.45, 7) is 1.78. The zero-order valence-electron chi connectivity index (χ0n) is 12.3. The molecule has 1 rings (SSSR count). The number of hydrogen-bond acceptors (Lipinski definition) is 6. The molecule has 21 heavy (non-hydrogen) atoms. The van der Waals surface area contributed by atoms with Crippen molar-refractivity contribution in [2.75, 3.05) is 33.2 Å². The van der Waals surface area contributed by atoms with Crippen molar-refractivity contribution in [2.45, 2.75) is 13.0 Å². The lowest BCUT2D eigenvalue weighted by Crippen LogP contribution is -2.38. The van der Waals surface area contributed by atoms with Crippen molar-refractivity contribution in [1.82, 2.24) is 5.32 Å². The van der Waals surface area contributed by atoms with Gasteiger partial charge < -0.3 is 25.3 Å². The van der Waals surface area contributed by atoms with E-state index in [9.17, 15) is 9.59 Å². The standard InChI is InChI=1S/C14H20N2O5/c1-9(7-19-2)16-12(17)8-21-14(18)10-5-4-6-11(15)13(10)20-3/h4-6,9H,7-8,15H2,1-3H3,(H,16,17). The Hall–Kier alpha value is -2.28. The van der Waals surface area contributed by atoms with Crippen molar-refractivity contribution in [3.63, 3.8) is 0 Å². The number of benzene rings is 1. The van der Waals surface area contributed by atoms with Crippen molar-refractivity contribution in [2.24, 2.45) is 0 Å². The number of esters is 1. The highest BCUT2D eigenvalue weighted by molar-refractivity contribution is 5.95. The summed E-state index contributed by atoms with van der Waals surface area (Å²) in [4.78, 5) is 23.5. The van der Waals surface area contributed by atoms with Crippen LogP contribution in [0.3, 0.4) is 0 Å². The van der Waals surface area contributed by atoms with Crippen molar-refractivity contribution >= 4 is 17.6 Å². The number of nitrogen functional groups attached to an aromatic ring is 1. The molecule has 0 saturated heterocycles. The van der Waals surface area contributed by atoms with Gasteiger partial charge in [0.25, 0.3) is 5.91 Å². The van der Waals surface area contributed by atoms with Crippen LogP contribution in [-0.2, 0) is 14.3 Å². The Morgan fingerprint density at radius 2 is 2.05 bits per heavy atom. The summed E-state index contributed by atoms with van der Waals surface area (Å²) >= 11 is 0. The number of para-hydroxylation sites is 1. The Bertz CT molecular complexity index is 504. The van der Waals surface area contributed by atoms with Crippen molar-refractivity contribution < 1.29 is 23.8 Å². The van der Waals surface area contributed by atoms with Gasteiger partial charge in [-0.15, -0.1) is 0 Å². The summed E-state index contributed by atoms with van der Waals surface area (Å²) in [7, 11) is 2.94. The lowest BCUT2D eigenvalue weighted by Gasteiger charge is -2.13. The lowest BCUT2D eigenvalue weighted by atomic mass is 10.2. The van der Waals surface area contributed by atoms with E-state index >= 15 is 0 Å². The van der Waals surface area contributed by atoms with Gasteiger partial charge in [0.15, 0.2) is 12.4 Å². The maximum atomic E-state index is 11.9. The van der Waals surface area contributed by atoms with Gasteiger partial charge in [-0.2, -0.15) is 0 Å². The van der Waals surface area contributed by atoms with Gasteiger partial charge in [0.1, 0.15) is 5.56 Å². The average Bonchev–Trinajstić information content (AvgIpc) is 2.44. The topological polar surface area (TPSA) is 99.9 Å². The minimum absolute atomic E-state index is 0.164. The Balaban J connectivity index is 2.58. The summed E-state index contributed by atoms with van der Waals surface area (Å²) in [6, 6.07) is 4.57. The third kappa shape index (κ3) is 4.96. The third-order valence-corrected chi connectivity index (χ3v) is 2.63. The van der Waals surface area contributed by atoms with Gasteiger partial charge in [-0.25, -0.2) is 4.79 Å². The molecule has 1 unspecified atom stereocenters. The lowest BCUT2D eigenvalue weighted by molar-refractivity contribution is -0.125. The normalized spacial score (nSPS) is 11.6. The fourth-order valence-corrected chi connectivity index (χ4v) is 1.76. The van der Waals surface area contributed by atoms with Crippen LogP contribution in [0.1, 0.15) is 17.3 Å². The molecule has 7 nitrogen and oxygen atoms in total. The third-order valence-electron chi connectivity index (χ3n) is 2.63.